The van der Waals surface area contributed by atoms with Gasteiger partial charge in [0, 0.05) is 31.2 Å². The number of aryl methyl sites for hydroxylation is 1. The average molecular weight is 409 g/mol. The largest absolute Gasteiger partial charge is 0.497 e. The van der Waals surface area contributed by atoms with Crippen molar-refractivity contribution in [3.05, 3.63) is 58.6 Å². The lowest BCUT2D eigenvalue weighted by Gasteiger charge is -2.22. The van der Waals surface area contributed by atoms with E-state index >= 15 is 0 Å². The van der Waals surface area contributed by atoms with Crippen molar-refractivity contribution in [2.45, 2.75) is 24.8 Å². The summed E-state index contributed by atoms with van der Waals surface area (Å²) in [6.07, 6.45) is 0.808. The van der Waals surface area contributed by atoms with E-state index in [1.54, 1.807) is 36.5 Å². The van der Waals surface area contributed by atoms with E-state index in [0.717, 1.165) is 24.5 Å². The van der Waals surface area contributed by atoms with Crippen molar-refractivity contribution in [3.63, 3.8) is 0 Å². The second-order valence-electron chi connectivity index (χ2n) is 6.79. The Morgan fingerprint density at radius 3 is 2.44 bits per heavy atom. The number of hydrogen-bond donors (Lipinski definition) is 0. The molecular formula is C20H25ClN2O3S. The van der Waals surface area contributed by atoms with E-state index in [9.17, 15) is 8.42 Å². The first-order chi connectivity index (χ1) is 12.9. The van der Waals surface area contributed by atoms with Crippen LogP contribution in [0.3, 0.4) is 0 Å². The fourth-order valence-corrected chi connectivity index (χ4v) is 5.17. The van der Waals surface area contributed by atoms with Gasteiger partial charge < -0.3 is 4.74 Å². The molecule has 1 aliphatic heterocycles. The molecule has 2 aromatic rings. The molecule has 0 saturated carbocycles. The highest BCUT2D eigenvalue weighted by molar-refractivity contribution is 7.89. The molecule has 1 heterocycles. The van der Waals surface area contributed by atoms with E-state index in [1.807, 2.05) is 24.3 Å². The molecule has 2 aromatic carbocycles. The molecule has 0 amide bonds. The summed E-state index contributed by atoms with van der Waals surface area (Å²) in [4.78, 5) is 2.65. The first-order valence-electron chi connectivity index (χ1n) is 9.02. The SMILES string of the molecule is COc1ccc(S(=O)(=O)N2CCCN(Cc3ccc(Cl)cc3)CC2)c(C)c1. The molecule has 3 rings (SSSR count). The van der Waals surface area contributed by atoms with Gasteiger partial charge >= 0.3 is 0 Å². The molecular weight excluding hydrogens is 384 g/mol. The second kappa shape index (κ2) is 8.61. The van der Waals surface area contributed by atoms with E-state index in [0.29, 0.717) is 35.8 Å². The number of rotatable bonds is 5. The van der Waals surface area contributed by atoms with Gasteiger partial charge in [0.05, 0.1) is 12.0 Å². The highest BCUT2D eigenvalue weighted by Crippen LogP contribution is 2.25. The van der Waals surface area contributed by atoms with Crippen LogP contribution < -0.4 is 4.74 Å². The maximum Gasteiger partial charge on any atom is 0.243 e. The molecule has 0 N–H and O–H groups in total. The van der Waals surface area contributed by atoms with Gasteiger partial charge in [-0.2, -0.15) is 4.31 Å². The zero-order valence-electron chi connectivity index (χ0n) is 15.7. The van der Waals surface area contributed by atoms with Gasteiger partial charge in [0.15, 0.2) is 0 Å². The summed E-state index contributed by atoms with van der Waals surface area (Å²) in [6.45, 7) is 5.20. The number of benzene rings is 2. The Morgan fingerprint density at radius 1 is 1.04 bits per heavy atom. The van der Waals surface area contributed by atoms with E-state index in [2.05, 4.69) is 4.90 Å². The van der Waals surface area contributed by atoms with Crippen molar-refractivity contribution in [3.8, 4) is 5.75 Å². The average Bonchev–Trinajstić information content (AvgIpc) is 2.89. The number of ether oxygens (including phenoxy) is 1. The fourth-order valence-electron chi connectivity index (χ4n) is 3.37. The number of sulfonamides is 1. The Hall–Kier alpha value is -1.60. The normalized spacial score (nSPS) is 16.9. The van der Waals surface area contributed by atoms with Crippen LogP contribution in [-0.2, 0) is 16.6 Å². The molecule has 0 atom stereocenters. The van der Waals surface area contributed by atoms with Gasteiger partial charge in [-0.3, -0.25) is 4.90 Å². The Kier molecular flexibility index (Phi) is 6.42. The quantitative estimate of drug-likeness (QED) is 0.759. The predicted octanol–water partition coefficient (Wildman–Crippen LogP) is 3.55. The minimum atomic E-state index is -3.51. The number of halogens is 1. The molecule has 1 fully saturated rings. The highest BCUT2D eigenvalue weighted by Gasteiger charge is 2.28. The Morgan fingerprint density at radius 2 is 1.78 bits per heavy atom. The lowest BCUT2D eigenvalue weighted by Crippen LogP contribution is -2.35. The maximum absolute atomic E-state index is 13.1. The van der Waals surface area contributed by atoms with Crippen LogP contribution in [0.25, 0.3) is 0 Å². The van der Waals surface area contributed by atoms with E-state index in [-0.39, 0.29) is 0 Å². The molecule has 0 aromatic heterocycles. The molecule has 5 nitrogen and oxygen atoms in total. The van der Waals surface area contributed by atoms with Crippen molar-refractivity contribution in [1.82, 2.24) is 9.21 Å². The van der Waals surface area contributed by atoms with Crippen LogP contribution in [0.1, 0.15) is 17.5 Å². The van der Waals surface area contributed by atoms with Gasteiger partial charge in [-0.25, -0.2) is 8.42 Å². The lowest BCUT2D eigenvalue weighted by molar-refractivity contribution is 0.278. The van der Waals surface area contributed by atoms with Gasteiger partial charge in [-0.1, -0.05) is 23.7 Å². The minimum absolute atomic E-state index is 0.356. The maximum atomic E-state index is 13.1. The topological polar surface area (TPSA) is 49.9 Å². The van der Waals surface area contributed by atoms with E-state index < -0.39 is 10.0 Å². The van der Waals surface area contributed by atoms with Crippen molar-refractivity contribution in [1.29, 1.82) is 0 Å². The Labute approximate surface area is 166 Å². The molecule has 7 heteroatoms. The summed E-state index contributed by atoms with van der Waals surface area (Å²) in [6, 6.07) is 12.9. The molecule has 1 aliphatic rings. The number of methoxy groups -OCH3 is 1. The molecule has 1 saturated heterocycles. The van der Waals surface area contributed by atoms with E-state index in [4.69, 9.17) is 16.3 Å². The van der Waals surface area contributed by atoms with Crippen molar-refractivity contribution in [2.24, 2.45) is 0 Å². The first-order valence-corrected chi connectivity index (χ1v) is 10.8. The van der Waals surface area contributed by atoms with Gasteiger partial charge in [0.1, 0.15) is 5.75 Å². The zero-order chi connectivity index (χ0) is 19.4. The summed E-state index contributed by atoms with van der Waals surface area (Å²) in [5.74, 6) is 0.663. The molecule has 27 heavy (non-hydrogen) atoms. The van der Waals surface area contributed by atoms with Crippen LogP contribution >= 0.6 is 11.6 Å². The Balaban J connectivity index is 1.70. The molecule has 146 valence electrons. The molecule has 0 bridgehead atoms. The van der Waals surface area contributed by atoms with Gasteiger partial charge in [0.2, 0.25) is 10.0 Å². The standard InChI is InChI=1S/C20H25ClN2O3S/c1-16-14-19(26-2)8-9-20(16)27(24,25)23-11-3-10-22(12-13-23)15-17-4-6-18(21)7-5-17/h4-9,14H,3,10-13,15H2,1-2H3. The van der Waals surface area contributed by atoms with Crippen LogP contribution in [0, 0.1) is 6.92 Å². The monoisotopic (exact) mass is 408 g/mol. The summed E-state index contributed by atoms with van der Waals surface area (Å²) < 4.78 is 33.0. The molecule has 0 aliphatic carbocycles. The molecule has 0 unspecified atom stereocenters. The Bertz CT molecular complexity index is 885. The highest BCUT2D eigenvalue weighted by atomic mass is 35.5. The van der Waals surface area contributed by atoms with Crippen molar-refractivity contribution >= 4 is 21.6 Å². The summed E-state index contributed by atoms with van der Waals surface area (Å²) in [5.41, 5.74) is 1.89. The van der Waals surface area contributed by atoms with Crippen LogP contribution in [-0.4, -0.2) is 50.9 Å². The first kappa shape index (κ1) is 20.1. The van der Waals surface area contributed by atoms with Crippen LogP contribution in [0.15, 0.2) is 47.4 Å². The van der Waals surface area contributed by atoms with Crippen LogP contribution in [0.4, 0.5) is 0 Å². The molecule has 0 radical (unpaired) electrons. The predicted molar refractivity (Wildman–Crippen MR) is 108 cm³/mol. The van der Waals surface area contributed by atoms with Gasteiger partial charge in [-0.15, -0.1) is 0 Å². The molecule has 0 spiro atoms. The summed E-state index contributed by atoms with van der Waals surface area (Å²) >= 11 is 5.95. The summed E-state index contributed by atoms with van der Waals surface area (Å²) in [5, 5.41) is 0.724. The fraction of sp³-hybridized carbons (Fsp3) is 0.400. The zero-order valence-corrected chi connectivity index (χ0v) is 17.3. The van der Waals surface area contributed by atoms with Crippen molar-refractivity contribution in [2.75, 3.05) is 33.3 Å². The summed E-state index contributed by atoms with van der Waals surface area (Å²) in [7, 11) is -1.93. The smallest absolute Gasteiger partial charge is 0.243 e. The third-order valence-electron chi connectivity index (χ3n) is 4.87. The second-order valence-corrected chi connectivity index (χ2v) is 9.13. The third kappa shape index (κ3) is 4.82. The lowest BCUT2D eigenvalue weighted by atomic mass is 10.2. The van der Waals surface area contributed by atoms with Gasteiger partial charge in [0.25, 0.3) is 0 Å². The van der Waals surface area contributed by atoms with Crippen LogP contribution in [0.5, 0.6) is 5.75 Å². The van der Waals surface area contributed by atoms with E-state index in [1.165, 1.54) is 5.56 Å². The van der Waals surface area contributed by atoms with Gasteiger partial charge in [-0.05, 0) is 61.3 Å². The minimum Gasteiger partial charge on any atom is -0.497 e. The number of hydrogen-bond acceptors (Lipinski definition) is 4. The third-order valence-corrected chi connectivity index (χ3v) is 7.18. The van der Waals surface area contributed by atoms with Crippen LogP contribution in [0.2, 0.25) is 5.02 Å². The number of nitrogens with zero attached hydrogens (tertiary/aromatic N) is 2. The van der Waals surface area contributed by atoms with Crippen molar-refractivity contribution < 1.29 is 13.2 Å².